The van der Waals surface area contributed by atoms with Gasteiger partial charge in [0.05, 0.1) is 6.34 Å². The van der Waals surface area contributed by atoms with E-state index in [0.717, 1.165) is 11.3 Å². The van der Waals surface area contributed by atoms with Gasteiger partial charge in [-0.1, -0.05) is 12.2 Å². The molecule has 0 saturated heterocycles. The second-order valence-electron chi connectivity index (χ2n) is 3.95. The van der Waals surface area contributed by atoms with Crippen LogP contribution in [0.3, 0.4) is 0 Å². The number of rotatable bonds is 3. The summed E-state index contributed by atoms with van der Waals surface area (Å²) in [5.41, 5.74) is 2.13. The van der Waals surface area contributed by atoms with Crippen LogP contribution in [0.25, 0.3) is 0 Å². The smallest absolute Gasteiger partial charge is 0.135 e. The molecule has 4 heteroatoms. The van der Waals surface area contributed by atoms with Crippen LogP contribution in [0.2, 0.25) is 0 Å². The number of aliphatic imine (C=N–C) groups is 1. The third-order valence-corrected chi connectivity index (χ3v) is 2.38. The van der Waals surface area contributed by atoms with Crippen LogP contribution in [-0.4, -0.2) is 44.4 Å². The molecule has 0 heterocycles. The molecule has 0 saturated carbocycles. The monoisotopic (exact) mass is 235 g/mol. The van der Waals surface area contributed by atoms with Gasteiger partial charge in [0.1, 0.15) is 4.99 Å². The molecular formula is C12H17N3S. The van der Waals surface area contributed by atoms with Crippen molar-refractivity contribution < 1.29 is 0 Å². The topological polar surface area (TPSA) is 18.8 Å². The van der Waals surface area contributed by atoms with Gasteiger partial charge in [0.15, 0.2) is 0 Å². The molecule has 0 atom stereocenters. The van der Waals surface area contributed by atoms with Gasteiger partial charge in [-0.05, 0) is 24.3 Å². The summed E-state index contributed by atoms with van der Waals surface area (Å²) >= 11 is 5.21. The molecule has 0 aliphatic carbocycles. The van der Waals surface area contributed by atoms with Crippen molar-refractivity contribution in [1.82, 2.24) is 4.90 Å². The molecule has 0 bridgehead atoms. The van der Waals surface area contributed by atoms with Gasteiger partial charge in [0, 0.05) is 39.4 Å². The second-order valence-corrected chi connectivity index (χ2v) is 4.34. The van der Waals surface area contributed by atoms with Gasteiger partial charge >= 0.3 is 0 Å². The summed E-state index contributed by atoms with van der Waals surface area (Å²) in [4.78, 5) is 8.71. The lowest BCUT2D eigenvalue weighted by Crippen LogP contribution is -2.10. The Kier molecular flexibility index (Phi) is 4.43. The Morgan fingerprint density at radius 2 is 1.69 bits per heavy atom. The summed E-state index contributed by atoms with van der Waals surface area (Å²) in [6.07, 6.45) is 1.71. The number of thiocarbonyl (C=S) groups is 1. The van der Waals surface area contributed by atoms with E-state index in [0.29, 0.717) is 4.99 Å². The van der Waals surface area contributed by atoms with Crippen molar-refractivity contribution in [1.29, 1.82) is 0 Å². The molecule has 0 aromatic heterocycles. The van der Waals surface area contributed by atoms with Crippen LogP contribution in [0.5, 0.6) is 0 Å². The Morgan fingerprint density at radius 1 is 1.12 bits per heavy atom. The fourth-order valence-electron chi connectivity index (χ4n) is 1.14. The summed E-state index contributed by atoms with van der Waals surface area (Å²) < 4.78 is 0. The first-order valence-corrected chi connectivity index (χ1v) is 5.44. The SMILES string of the molecule is CN(C)C=NC(=S)c1ccc(N(C)C)cc1. The highest BCUT2D eigenvalue weighted by Crippen LogP contribution is 2.13. The third-order valence-electron chi connectivity index (χ3n) is 2.04. The predicted octanol–water partition coefficient (Wildman–Crippen LogP) is 2.02. The first-order valence-electron chi connectivity index (χ1n) is 5.03. The van der Waals surface area contributed by atoms with E-state index in [1.54, 1.807) is 6.34 Å². The molecule has 0 unspecified atom stereocenters. The van der Waals surface area contributed by atoms with E-state index >= 15 is 0 Å². The van der Waals surface area contributed by atoms with E-state index in [4.69, 9.17) is 12.2 Å². The Labute approximate surface area is 102 Å². The lowest BCUT2D eigenvalue weighted by Gasteiger charge is -2.12. The lowest BCUT2D eigenvalue weighted by molar-refractivity contribution is 0.644. The standard InChI is InChI=1S/C12H17N3S/c1-14(2)9-13-12(16)10-5-7-11(8-6-10)15(3)4/h5-9H,1-4H3. The minimum atomic E-state index is 0.610. The van der Waals surface area contributed by atoms with Gasteiger partial charge in [0.25, 0.3) is 0 Å². The Morgan fingerprint density at radius 3 is 2.12 bits per heavy atom. The second kappa shape index (κ2) is 5.61. The lowest BCUT2D eigenvalue weighted by atomic mass is 10.2. The number of anilines is 1. The average Bonchev–Trinajstić information content (AvgIpc) is 2.26. The molecule has 0 spiro atoms. The average molecular weight is 235 g/mol. The molecule has 0 amide bonds. The Hall–Kier alpha value is -1.42. The molecule has 0 fully saturated rings. The maximum absolute atomic E-state index is 5.21. The Bertz CT molecular complexity index is 380. The molecule has 1 aromatic carbocycles. The maximum atomic E-state index is 5.21. The molecule has 16 heavy (non-hydrogen) atoms. The van der Waals surface area contributed by atoms with E-state index in [9.17, 15) is 0 Å². The molecule has 1 aromatic rings. The van der Waals surface area contributed by atoms with Crippen molar-refractivity contribution in [3.63, 3.8) is 0 Å². The Balaban J connectivity index is 2.78. The van der Waals surface area contributed by atoms with Crippen LogP contribution in [0, 0.1) is 0 Å². The number of nitrogens with zero attached hydrogens (tertiary/aromatic N) is 3. The summed E-state index contributed by atoms with van der Waals surface area (Å²) in [5, 5.41) is 0. The highest BCUT2D eigenvalue weighted by atomic mass is 32.1. The molecule has 0 aliphatic rings. The molecule has 0 N–H and O–H groups in total. The number of hydrogen-bond donors (Lipinski definition) is 0. The van der Waals surface area contributed by atoms with Crippen molar-refractivity contribution in [2.24, 2.45) is 4.99 Å². The summed E-state index contributed by atoms with van der Waals surface area (Å²) in [6.45, 7) is 0. The third kappa shape index (κ3) is 3.62. The van der Waals surface area contributed by atoms with Crippen LogP contribution >= 0.6 is 12.2 Å². The first kappa shape index (κ1) is 12.6. The molecule has 0 radical (unpaired) electrons. The summed E-state index contributed by atoms with van der Waals surface area (Å²) in [5.74, 6) is 0. The van der Waals surface area contributed by atoms with Gasteiger partial charge in [0.2, 0.25) is 0 Å². The minimum absolute atomic E-state index is 0.610. The van der Waals surface area contributed by atoms with Gasteiger partial charge in [-0.2, -0.15) is 0 Å². The van der Waals surface area contributed by atoms with Gasteiger partial charge in [-0.3, -0.25) is 0 Å². The summed E-state index contributed by atoms with van der Waals surface area (Å²) in [6, 6.07) is 8.05. The van der Waals surface area contributed by atoms with E-state index in [1.165, 1.54) is 0 Å². The zero-order chi connectivity index (χ0) is 12.1. The van der Waals surface area contributed by atoms with Gasteiger partial charge in [-0.25, -0.2) is 4.99 Å². The van der Waals surface area contributed by atoms with Crippen molar-refractivity contribution in [2.75, 3.05) is 33.1 Å². The van der Waals surface area contributed by atoms with Gasteiger partial charge in [-0.15, -0.1) is 0 Å². The summed E-state index contributed by atoms with van der Waals surface area (Å²) in [7, 11) is 7.86. The van der Waals surface area contributed by atoms with Crippen LogP contribution in [0.4, 0.5) is 5.69 Å². The molecule has 1 rings (SSSR count). The maximum Gasteiger partial charge on any atom is 0.135 e. The van der Waals surface area contributed by atoms with E-state index in [-0.39, 0.29) is 0 Å². The zero-order valence-electron chi connectivity index (χ0n) is 10.1. The van der Waals surface area contributed by atoms with Crippen LogP contribution < -0.4 is 4.90 Å². The fourth-order valence-corrected chi connectivity index (χ4v) is 1.33. The quantitative estimate of drug-likeness (QED) is 0.454. The zero-order valence-corrected chi connectivity index (χ0v) is 11.0. The number of benzene rings is 1. The highest BCUT2D eigenvalue weighted by Gasteiger charge is 1.99. The largest absolute Gasteiger partial charge is 0.378 e. The van der Waals surface area contributed by atoms with E-state index in [1.807, 2.05) is 57.4 Å². The van der Waals surface area contributed by atoms with Crippen molar-refractivity contribution >= 4 is 29.2 Å². The predicted molar refractivity (Wildman–Crippen MR) is 74.6 cm³/mol. The molecule has 86 valence electrons. The van der Waals surface area contributed by atoms with E-state index < -0.39 is 0 Å². The van der Waals surface area contributed by atoms with E-state index in [2.05, 4.69) is 9.89 Å². The van der Waals surface area contributed by atoms with Crippen molar-refractivity contribution in [2.45, 2.75) is 0 Å². The van der Waals surface area contributed by atoms with Gasteiger partial charge < -0.3 is 9.80 Å². The molecule has 0 aliphatic heterocycles. The van der Waals surface area contributed by atoms with Crippen LogP contribution in [-0.2, 0) is 0 Å². The first-order chi connectivity index (χ1) is 7.50. The van der Waals surface area contributed by atoms with Crippen molar-refractivity contribution in [3.8, 4) is 0 Å². The fraction of sp³-hybridized carbons (Fsp3) is 0.333. The number of hydrogen-bond acceptors (Lipinski definition) is 2. The normalized spacial score (nSPS) is 10.5. The molecular weight excluding hydrogens is 218 g/mol. The van der Waals surface area contributed by atoms with Crippen molar-refractivity contribution in [3.05, 3.63) is 29.8 Å². The van der Waals surface area contributed by atoms with Crippen LogP contribution in [0.1, 0.15) is 5.56 Å². The minimum Gasteiger partial charge on any atom is -0.378 e. The highest BCUT2D eigenvalue weighted by molar-refractivity contribution is 7.80. The van der Waals surface area contributed by atoms with Crippen LogP contribution in [0.15, 0.2) is 29.3 Å². The molecule has 3 nitrogen and oxygen atoms in total.